The fourth-order valence-electron chi connectivity index (χ4n) is 4.11. The summed E-state index contributed by atoms with van der Waals surface area (Å²) in [5.41, 5.74) is 2.11. The van der Waals surface area contributed by atoms with Crippen molar-refractivity contribution in [1.82, 2.24) is 15.8 Å². The van der Waals surface area contributed by atoms with Crippen molar-refractivity contribution < 1.29 is 47.7 Å². The maximum atomic E-state index is 13.5. The van der Waals surface area contributed by atoms with Gasteiger partial charge in [-0.2, -0.15) is 0 Å². The second kappa shape index (κ2) is 11.0. The van der Waals surface area contributed by atoms with Gasteiger partial charge in [-0.1, -0.05) is 24.3 Å². The molecule has 0 bridgehead atoms. The van der Waals surface area contributed by atoms with Gasteiger partial charge in [0.25, 0.3) is 0 Å². The molecule has 196 valence electrons. The van der Waals surface area contributed by atoms with Crippen LogP contribution in [0.2, 0.25) is 0 Å². The highest BCUT2D eigenvalue weighted by molar-refractivity contribution is 6.09. The highest BCUT2D eigenvalue weighted by Gasteiger charge is 2.63. The third-order valence-electron chi connectivity index (χ3n) is 5.55. The number of hydrazine groups is 1. The van der Waals surface area contributed by atoms with Crippen LogP contribution in [-0.2, 0) is 47.7 Å². The van der Waals surface area contributed by atoms with Crippen molar-refractivity contribution in [2.45, 2.75) is 12.6 Å². The molecule has 0 radical (unpaired) electrons. The quantitative estimate of drug-likeness (QED) is 0.261. The summed E-state index contributed by atoms with van der Waals surface area (Å²) >= 11 is 0. The van der Waals surface area contributed by atoms with Gasteiger partial charge in [-0.05, 0) is 13.0 Å². The number of methoxy groups -OCH3 is 4. The van der Waals surface area contributed by atoms with Crippen molar-refractivity contribution >= 4 is 29.8 Å². The van der Waals surface area contributed by atoms with Gasteiger partial charge in [0, 0.05) is 5.57 Å². The van der Waals surface area contributed by atoms with Crippen molar-refractivity contribution in [2.75, 3.05) is 35.0 Å². The van der Waals surface area contributed by atoms with Crippen LogP contribution in [0.4, 0.5) is 0 Å². The number of hydrogen-bond donors (Lipinski definition) is 2. The molecule has 13 heteroatoms. The zero-order chi connectivity index (χ0) is 27.3. The van der Waals surface area contributed by atoms with Gasteiger partial charge in [-0.25, -0.2) is 29.4 Å². The van der Waals surface area contributed by atoms with Crippen LogP contribution in [0.5, 0.6) is 0 Å². The third-order valence-corrected chi connectivity index (χ3v) is 5.55. The predicted molar refractivity (Wildman–Crippen MR) is 124 cm³/mol. The molecule has 37 heavy (non-hydrogen) atoms. The van der Waals surface area contributed by atoms with Crippen LogP contribution < -0.4 is 10.9 Å². The molecule has 2 aliphatic heterocycles. The number of nitrogens with zero attached hydrogens (tertiary/aromatic N) is 1. The molecule has 2 N–H and O–H groups in total. The lowest BCUT2D eigenvalue weighted by Crippen LogP contribution is -2.60. The molecule has 0 aromatic carbocycles. The molecule has 0 saturated carbocycles. The fourth-order valence-corrected chi connectivity index (χ4v) is 4.11. The second-order valence-corrected chi connectivity index (χ2v) is 7.38. The van der Waals surface area contributed by atoms with Gasteiger partial charge in [0.05, 0.1) is 52.4 Å². The van der Waals surface area contributed by atoms with Crippen LogP contribution in [0.3, 0.4) is 0 Å². The van der Waals surface area contributed by atoms with Crippen molar-refractivity contribution in [2.24, 2.45) is 0 Å². The molecule has 2 heterocycles. The van der Waals surface area contributed by atoms with Crippen LogP contribution in [0.1, 0.15) is 6.92 Å². The zero-order valence-corrected chi connectivity index (χ0v) is 20.7. The number of allylic oxidation sites excluding steroid dienone is 5. The van der Waals surface area contributed by atoms with Gasteiger partial charge in [0.1, 0.15) is 17.0 Å². The molecule has 1 aliphatic carbocycles. The lowest BCUT2D eigenvalue weighted by molar-refractivity contribution is -0.143. The molecular weight excluding hydrogens is 490 g/mol. The smallest absolute Gasteiger partial charge is 0.356 e. The first kappa shape index (κ1) is 26.9. The Morgan fingerprint density at radius 1 is 0.892 bits per heavy atom. The van der Waals surface area contributed by atoms with Gasteiger partial charge >= 0.3 is 29.8 Å². The zero-order valence-electron chi connectivity index (χ0n) is 20.7. The largest absolute Gasteiger partial charge is 0.466 e. The summed E-state index contributed by atoms with van der Waals surface area (Å²) in [5, 5.41) is 0. The van der Waals surface area contributed by atoms with Crippen LogP contribution in [0.15, 0.2) is 70.3 Å². The minimum Gasteiger partial charge on any atom is -0.466 e. The molecule has 13 nitrogen and oxygen atoms in total. The molecule has 3 aliphatic rings. The van der Waals surface area contributed by atoms with E-state index < -0.39 is 52.5 Å². The number of nitrogens with one attached hydrogen (secondary N) is 2. The van der Waals surface area contributed by atoms with Crippen molar-refractivity contribution in [3.05, 3.63) is 70.3 Å². The molecule has 3 rings (SSSR count). The average Bonchev–Trinajstić information content (AvgIpc) is 3.30. The van der Waals surface area contributed by atoms with E-state index in [2.05, 4.69) is 10.9 Å². The average molecular weight is 515 g/mol. The van der Waals surface area contributed by atoms with Gasteiger partial charge in [-0.3, -0.25) is 0 Å². The van der Waals surface area contributed by atoms with E-state index in [0.717, 1.165) is 39.4 Å². The third kappa shape index (κ3) is 4.40. The van der Waals surface area contributed by atoms with Gasteiger partial charge in [0.2, 0.25) is 0 Å². The monoisotopic (exact) mass is 515 g/mol. The van der Waals surface area contributed by atoms with Crippen LogP contribution >= 0.6 is 0 Å². The van der Waals surface area contributed by atoms with Crippen LogP contribution in [-0.4, -0.2) is 75.5 Å². The summed E-state index contributed by atoms with van der Waals surface area (Å²) in [7, 11) is 4.33. The van der Waals surface area contributed by atoms with Gasteiger partial charge in [-0.15, -0.1) is 0 Å². The van der Waals surface area contributed by atoms with Gasteiger partial charge in [0.15, 0.2) is 5.66 Å². The molecule has 0 aromatic heterocycles. The van der Waals surface area contributed by atoms with E-state index in [4.69, 9.17) is 23.7 Å². The molecule has 0 amide bonds. The molecule has 0 fully saturated rings. The Balaban J connectivity index is 2.54. The molecule has 1 unspecified atom stereocenters. The number of hydrogen-bond acceptors (Lipinski definition) is 13. The highest BCUT2D eigenvalue weighted by atomic mass is 16.5. The Labute approximate surface area is 211 Å². The van der Waals surface area contributed by atoms with E-state index >= 15 is 0 Å². The first-order valence-electron chi connectivity index (χ1n) is 10.8. The number of rotatable bonds is 7. The lowest BCUT2D eigenvalue weighted by Gasteiger charge is -2.39. The SMILES string of the molecule is CCOC(=O)C1=C2C=CC=CC=C2N(/C(=C\C(=O)OC)C(=O)OC)C12NNC(C(=O)OC)=C2C(=O)OC. The normalized spacial score (nSPS) is 20.2. The van der Waals surface area contributed by atoms with E-state index in [9.17, 15) is 24.0 Å². The minimum atomic E-state index is -2.15. The number of esters is 5. The van der Waals surface area contributed by atoms with E-state index in [1.165, 1.54) is 6.08 Å². The summed E-state index contributed by atoms with van der Waals surface area (Å²) in [6.07, 6.45) is 8.78. The first-order chi connectivity index (χ1) is 17.7. The summed E-state index contributed by atoms with van der Waals surface area (Å²) in [6.45, 7) is 1.54. The first-order valence-corrected chi connectivity index (χ1v) is 10.8. The van der Waals surface area contributed by atoms with E-state index in [1.807, 2.05) is 0 Å². The summed E-state index contributed by atoms with van der Waals surface area (Å²) < 4.78 is 24.7. The minimum absolute atomic E-state index is 0.0386. The maximum absolute atomic E-state index is 13.5. The summed E-state index contributed by atoms with van der Waals surface area (Å²) in [5.74, 6) is -4.88. The number of carbonyl (C=O) groups excluding carboxylic acids is 5. The maximum Gasteiger partial charge on any atom is 0.356 e. The molecule has 0 saturated heterocycles. The van der Waals surface area contributed by atoms with E-state index in [-0.39, 0.29) is 23.5 Å². The Bertz CT molecular complexity index is 1240. The van der Waals surface area contributed by atoms with Crippen molar-refractivity contribution in [1.29, 1.82) is 0 Å². The number of fused-ring (bicyclic) bond motifs is 1. The fraction of sp³-hybridized carbons (Fsp3) is 0.292. The van der Waals surface area contributed by atoms with E-state index in [1.54, 1.807) is 31.2 Å². The van der Waals surface area contributed by atoms with E-state index in [0.29, 0.717) is 0 Å². The predicted octanol–water partition coefficient (Wildman–Crippen LogP) is -0.194. The molecule has 1 spiro atoms. The number of carbonyl (C=O) groups is 5. The van der Waals surface area contributed by atoms with Crippen LogP contribution in [0.25, 0.3) is 0 Å². The summed E-state index contributed by atoms with van der Waals surface area (Å²) in [4.78, 5) is 66.0. The Hall–Kier alpha value is -4.65. The second-order valence-electron chi connectivity index (χ2n) is 7.38. The Morgan fingerprint density at radius 2 is 1.59 bits per heavy atom. The van der Waals surface area contributed by atoms with Crippen molar-refractivity contribution in [3.8, 4) is 0 Å². The molecular formula is C24H25N3O10. The Kier molecular flexibility index (Phi) is 7.98. The standard InChI is InChI=1S/C24H25N3O10/c1-6-37-22(31)17-13-10-8-7-9-11-14(13)27(15(20(29)34-3)12-16(28)33-2)24(17)18(21(30)35-4)19(25-26-24)23(32)36-5/h7-12,25-26H,6H2,1-5H3/b15-12-. The van der Waals surface area contributed by atoms with Gasteiger partial charge < -0.3 is 34.0 Å². The van der Waals surface area contributed by atoms with Crippen LogP contribution in [0, 0.1) is 0 Å². The van der Waals surface area contributed by atoms with Crippen molar-refractivity contribution in [3.63, 3.8) is 0 Å². The summed E-state index contributed by atoms with van der Waals surface area (Å²) in [6, 6.07) is 0. The molecule has 1 atom stereocenters. The topological polar surface area (TPSA) is 159 Å². The molecule has 0 aromatic rings. The Morgan fingerprint density at radius 3 is 2.19 bits per heavy atom. The number of ether oxygens (including phenoxy) is 5. The lowest BCUT2D eigenvalue weighted by atomic mass is 9.89. The highest BCUT2D eigenvalue weighted by Crippen LogP contribution is 2.50.